The number of nitrogens with zero attached hydrogens (tertiary/aromatic N) is 3. The summed E-state index contributed by atoms with van der Waals surface area (Å²) < 4.78 is 5.95. The zero-order valence-electron chi connectivity index (χ0n) is 19.9. The van der Waals surface area contributed by atoms with Crippen LogP contribution in [0, 0.1) is 5.41 Å². The number of nitrogens with one attached hydrogen (secondary N) is 3. The Morgan fingerprint density at radius 1 is 1.08 bits per heavy atom. The lowest BCUT2D eigenvalue weighted by atomic mass is 10.1. The number of amides is 1. The average molecular weight is 510 g/mol. The van der Waals surface area contributed by atoms with Crippen LogP contribution >= 0.6 is 9.24 Å². The third kappa shape index (κ3) is 5.17. The number of ether oxygens (including phenoxy) is 1. The van der Waals surface area contributed by atoms with Gasteiger partial charge in [-0.1, -0.05) is 25.1 Å². The molecule has 5 rings (SSSR count). The highest BCUT2D eigenvalue weighted by Crippen LogP contribution is 2.29. The van der Waals surface area contributed by atoms with Gasteiger partial charge in [-0.25, -0.2) is 4.98 Å². The van der Waals surface area contributed by atoms with Crippen molar-refractivity contribution in [2.24, 2.45) is 0 Å². The van der Waals surface area contributed by atoms with Crippen LogP contribution in [0.4, 0.5) is 11.4 Å². The Morgan fingerprint density at radius 2 is 1.92 bits per heavy atom. The average Bonchev–Trinajstić information content (AvgIpc) is 3.34. The van der Waals surface area contributed by atoms with Gasteiger partial charge in [0.1, 0.15) is 17.2 Å². The fraction of sp³-hybridized carbons (Fsp3) is 0.0741. The predicted octanol–water partition coefficient (Wildman–Crippen LogP) is 4.66. The Hall–Kier alpha value is -4.62. The zero-order chi connectivity index (χ0) is 25.9. The highest BCUT2D eigenvalue weighted by atomic mass is 31.0. The van der Waals surface area contributed by atoms with Crippen LogP contribution < -0.4 is 21.1 Å². The second-order valence-corrected chi connectivity index (χ2v) is 9.00. The molecule has 0 fully saturated rings. The van der Waals surface area contributed by atoms with Gasteiger partial charge in [-0.05, 0) is 35.1 Å². The monoisotopic (exact) mass is 509 g/mol. The molecule has 0 aliphatic heterocycles. The van der Waals surface area contributed by atoms with Crippen LogP contribution in [0.3, 0.4) is 0 Å². The Kier molecular flexibility index (Phi) is 6.62. The van der Waals surface area contributed by atoms with Crippen molar-refractivity contribution in [1.29, 1.82) is 5.41 Å². The smallest absolute Gasteiger partial charge is 0.224 e. The van der Waals surface area contributed by atoms with Crippen LogP contribution in [0.25, 0.3) is 22.2 Å². The highest BCUT2D eigenvalue weighted by molar-refractivity contribution is 7.27. The van der Waals surface area contributed by atoms with E-state index in [1.807, 2.05) is 24.3 Å². The third-order valence-corrected chi connectivity index (χ3v) is 6.04. The van der Waals surface area contributed by atoms with E-state index in [2.05, 4.69) is 29.5 Å². The molecule has 0 saturated carbocycles. The molecule has 37 heavy (non-hydrogen) atoms. The number of H-pyrrole nitrogens is 1. The van der Waals surface area contributed by atoms with E-state index in [-0.39, 0.29) is 11.6 Å². The molecule has 3 aromatic heterocycles. The summed E-state index contributed by atoms with van der Waals surface area (Å²) >= 11 is 0. The lowest BCUT2D eigenvalue weighted by molar-refractivity contribution is -0.115. The number of rotatable bonds is 7. The molecule has 0 saturated heterocycles. The molecule has 0 spiro atoms. The van der Waals surface area contributed by atoms with Crippen molar-refractivity contribution < 1.29 is 9.53 Å². The second-order valence-electron chi connectivity index (χ2n) is 8.33. The van der Waals surface area contributed by atoms with Crippen LogP contribution in [0.15, 0.2) is 73.3 Å². The molecule has 10 heteroatoms. The number of carbonyl (C=O) groups excluding carboxylic acids is 1. The maximum absolute atomic E-state index is 11.7. The number of aromatic nitrogens is 4. The molecule has 5 aromatic rings. The fourth-order valence-electron chi connectivity index (χ4n) is 3.84. The maximum atomic E-state index is 11.7. The van der Waals surface area contributed by atoms with E-state index in [0.717, 1.165) is 21.9 Å². The van der Waals surface area contributed by atoms with E-state index in [1.165, 1.54) is 0 Å². The first-order valence-electron chi connectivity index (χ1n) is 11.5. The highest BCUT2D eigenvalue weighted by Gasteiger charge is 2.17. The van der Waals surface area contributed by atoms with Gasteiger partial charge in [-0.2, -0.15) is 0 Å². The molecule has 5 N–H and O–H groups in total. The number of imidazole rings is 1. The number of pyridine rings is 2. The number of fused-ring (bicyclic) bond motifs is 1. The van der Waals surface area contributed by atoms with E-state index < -0.39 is 0 Å². The van der Waals surface area contributed by atoms with Gasteiger partial charge in [0.25, 0.3) is 0 Å². The van der Waals surface area contributed by atoms with Crippen LogP contribution in [0.5, 0.6) is 11.5 Å². The first-order chi connectivity index (χ1) is 17.9. The van der Waals surface area contributed by atoms with Gasteiger partial charge in [-0.3, -0.25) is 20.2 Å². The quantitative estimate of drug-likeness (QED) is 0.143. The van der Waals surface area contributed by atoms with E-state index in [0.29, 0.717) is 46.2 Å². The molecule has 184 valence electrons. The summed E-state index contributed by atoms with van der Waals surface area (Å²) in [6, 6.07) is 14.8. The minimum absolute atomic E-state index is 0.118. The number of anilines is 2. The molecule has 1 amide bonds. The summed E-state index contributed by atoms with van der Waals surface area (Å²) in [4.78, 5) is 28.1. The molecule has 0 aliphatic carbocycles. The maximum Gasteiger partial charge on any atom is 0.224 e. The van der Waals surface area contributed by atoms with Gasteiger partial charge in [0, 0.05) is 35.5 Å². The van der Waals surface area contributed by atoms with Gasteiger partial charge in [-0.15, -0.1) is 9.24 Å². The van der Waals surface area contributed by atoms with Crippen molar-refractivity contribution in [3.05, 3.63) is 84.7 Å². The first kappa shape index (κ1) is 24.1. The third-order valence-electron chi connectivity index (χ3n) is 5.68. The van der Waals surface area contributed by atoms with Gasteiger partial charge >= 0.3 is 0 Å². The number of benzene rings is 2. The predicted molar refractivity (Wildman–Crippen MR) is 149 cm³/mol. The summed E-state index contributed by atoms with van der Waals surface area (Å²) in [7, 11) is 2.69. The summed E-state index contributed by atoms with van der Waals surface area (Å²) in [6.45, 7) is 1.77. The first-order valence-corrected chi connectivity index (χ1v) is 12.1. The lowest BCUT2D eigenvalue weighted by Gasteiger charge is -2.11. The Morgan fingerprint density at radius 3 is 2.73 bits per heavy atom. The minimum atomic E-state index is -0.118. The van der Waals surface area contributed by atoms with Gasteiger partial charge in [0.2, 0.25) is 5.91 Å². The van der Waals surface area contributed by atoms with Crippen molar-refractivity contribution in [2.45, 2.75) is 13.3 Å². The zero-order valence-corrected chi connectivity index (χ0v) is 21.1. The Bertz CT molecular complexity index is 1650. The van der Waals surface area contributed by atoms with Crippen LogP contribution in [-0.4, -0.2) is 31.6 Å². The molecule has 9 nitrogen and oxygen atoms in total. The summed E-state index contributed by atoms with van der Waals surface area (Å²) in [5.74, 6) is 1.14. The molecule has 2 aromatic carbocycles. The molecule has 1 unspecified atom stereocenters. The number of nitrogen functional groups attached to an aromatic ring is 1. The van der Waals surface area contributed by atoms with Crippen LogP contribution in [0.1, 0.15) is 24.7 Å². The van der Waals surface area contributed by atoms with Crippen molar-refractivity contribution in [3.8, 4) is 22.6 Å². The van der Waals surface area contributed by atoms with Crippen LogP contribution in [-0.2, 0) is 4.79 Å². The molecular weight excluding hydrogens is 485 g/mol. The van der Waals surface area contributed by atoms with Crippen molar-refractivity contribution in [1.82, 2.24) is 19.9 Å². The normalized spacial score (nSPS) is 10.9. The summed E-state index contributed by atoms with van der Waals surface area (Å²) in [5, 5.41) is 12.7. The number of hydrogen-bond acceptors (Lipinski definition) is 7. The van der Waals surface area contributed by atoms with E-state index in [4.69, 9.17) is 20.9 Å². The topological polar surface area (TPSA) is 143 Å². The van der Waals surface area contributed by atoms with Crippen molar-refractivity contribution >= 4 is 48.6 Å². The van der Waals surface area contributed by atoms with E-state index >= 15 is 0 Å². The Labute approximate surface area is 215 Å². The van der Waals surface area contributed by atoms with Crippen molar-refractivity contribution in [2.75, 3.05) is 11.1 Å². The second kappa shape index (κ2) is 10.2. The SMILES string of the molecule is CCC(=O)Nc1cncc(Oc2ccc(N)c(C(=N)c3nc4c(-c5cccc(P)c5)cncc4[nH]3)c2)c1. The van der Waals surface area contributed by atoms with Crippen LogP contribution in [0.2, 0.25) is 0 Å². The molecular formula is C27H24N7O2P. The molecule has 0 radical (unpaired) electrons. The number of aromatic amines is 1. The summed E-state index contributed by atoms with van der Waals surface area (Å²) in [5.41, 5.74) is 11.0. The standard InChI is InChI=1S/C27H24N7O2P/c1-2-24(35)32-16-9-18(12-30-11-16)36-17-6-7-22(28)20(10-17)25(29)27-33-23-14-31-13-21(26(23)34-27)15-4-3-5-19(37)8-15/h3-14,29H,2,28,37H2,1H3,(H,32,35)(H,33,34). The van der Waals surface area contributed by atoms with E-state index in [9.17, 15) is 4.79 Å². The van der Waals surface area contributed by atoms with Gasteiger partial charge < -0.3 is 20.8 Å². The Balaban J connectivity index is 1.45. The van der Waals surface area contributed by atoms with Gasteiger partial charge in [0.15, 0.2) is 5.82 Å². The minimum Gasteiger partial charge on any atom is -0.456 e. The number of nitrogens with two attached hydrogens (primary N) is 1. The van der Waals surface area contributed by atoms with Crippen molar-refractivity contribution in [3.63, 3.8) is 0 Å². The van der Waals surface area contributed by atoms with E-state index in [1.54, 1.807) is 56.0 Å². The van der Waals surface area contributed by atoms with Gasteiger partial charge in [0.05, 0.1) is 35.3 Å². The molecule has 0 bridgehead atoms. The number of carbonyl (C=O) groups is 1. The number of hydrogen-bond donors (Lipinski definition) is 4. The summed E-state index contributed by atoms with van der Waals surface area (Å²) in [6.07, 6.45) is 6.90. The molecule has 0 aliphatic rings. The largest absolute Gasteiger partial charge is 0.456 e. The molecule has 3 heterocycles. The lowest BCUT2D eigenvalue weighted by Crippen LogP contribution is -2.09. The molecule has 1 atom stereocenters. The fourth-order valence-corrected chi connectivity index (χ4v) is 4.13.